The van der Waals surface area contributed by atoms with Crippen molar-refractivity contribution in [1.29, 1.82) is 0 Å². The summed E-state index contributed by atoms with van der Waals surface area (Å²) in [5.41, 5.74) is 2.74. The number of nitrogens with zero attached hydrogens (tertiary/aromatic N) is 2. The van der Waals surface area contributed by atoms with Gasteiger partial charge in [-0.05, 0) is 37.3 Å². The highest BCUT2D eigenvalue weighted by Crippen LogP contribution is 2.18. The molecule has 124 valence electrons. The third-order valence-electron chi connectivity index (χ3n) is 3.53. The van der Waals surface area contributed by atoms with Crippen molar-refractivity contribution < 1.29 is 9.53 Å². The predicted octanol–water partition coefficient (Wildman–Crippen LogP) is 3.45. The van der Waals surface area contributed by atoms with Gasteiger partial charge in [-0.1, -0.05) is 30.2 Å². The van der Waals surface area contributed by atoms with Crippen LogP contribution in [-0.2, 0) is 0 Å². The van der Waals surface area contributed by atoms with Crippen LogP contribution in [0.3, 0.4) is 0 Å². The molecule has 3 rings (SSSR count). The van der Waals surface area contributed by atoms with Crippen molar-refractivity contribution >= 4 is 11.6 Å². The van der Waals surface area contributed by atoms with Crippen LogP contribution in [0.25, 0.3) is 5.69 Å². The maximum atomic E-state index is 12.5. The van der Waals surface area contributed by atoms with E-state index in [0.717, 1.165) is 11.4 Å². The highest BCUT2D eigenvalue weighted by molar-refractivity contribution is 6.03. The Kier molecular flexibility index (Phi) is 4.82. The van der Waals surface area contributed by atoms with Gasteiger partial charge in [0.25, 0.3) is 5.91 Å². The lowest BCUT2D eigenvalue weighted by molar-refractivity contribution is 0.102. The number of benzene rings is 2. The number of nitrogens with one attached hydrogen (secondary N) is 1. The van der Waals surface area contributed by atoms with E-state index in [2.05, 4.69) is 16.3 Å². The largest absolute Gasteiger partial charge is 0.481 e. The van der Waals surface area contributed by atoms with Crippen molar-refractivity contribution in [3.05, 3.63) is 72.1 Å². The number of aromatic nitrogens is 2. The number of terminal acetylenes is 1. The molecular formula is C20H17N3O2. The minimum atomic E-state index is -0.285. The molecule has 5 heteroatoms. The second-order valence-electron chi connectivity index (χ2n) is 5.39. The summed E-state index contributed by atoms with van der Waals surface area (Å²) in [5, 5.41) is 7.22. The topological polar surface area (TPSA) is 56.1 Å². The van der Waals surface area contributed by atoms with Crippen LogP contribution >= 0.6 is 0 Å². The van der Waals surface area contributed by atoms with Gasteiger partial charge in [-0.3, -0.25) is 4.79 Å². The number of anilines is 1. The SMILES string of the molecule is C#CCOc1cccc(NC(=O)c2cc(C)n(-c3ccccc3)n2)c1. The van der Waals surface area contributed by atoms with Crippen LogP contribution in [0.15, 0.2) is 60.7 Å². The zero-order valence-corrected chi connectivity index (χ0v) is 13.8. The third-order valence-corrected chi connectivity index (χ3v) is 3.53. The number of rotatable bonds is 5. The summed E-state index contributed by atoms with van der Waals surface area (Å²) >= 11 is 0. The molecule has 0 saturated heterocycles. The van der Waals surface area contributed by atoms with Gasteiger partial charge in [0.2, 0.25) is 0 Å². The van der Waals surface area contributed by atoms with E-state index in [1.165, 1.54) is 0 Å². The molecule has 0 aliphatic heterocycles. The monoisotopic (exact) mass is 331 g/mol. The van der Waals surface area contributed by atoms with Gasteiger partial charge in [-0.2, -0.15) is 5.10 Å². The maximum Gasteiger partial charge on any atom is 0.276 e. The number of ether oxygens (including phenoxy) is 1. The highest BCUT2D eigenvalue weighted by Gasteiger charge is 2.13. The van der Waals surface area contributed by atoms with Crippen LogP contribution in [0.1, 0.15) is 16.2 Å². The van der Waals surface area contributed by atoms with Crippen molar-refractivity contribution in [1.82, 2.24) is 9.78 Å². The van der Waals surface area contributed by atoms with Gasteiger partial charge in [0.1, 0.15) is 12.4 Å². The van der Waals surface area contributed by atoms with Gasteiger partial charge in [0, 0.05) is 17.4 Å². The lowest BCUT2D eigenvalue weighted by atomic mass is 10.3. The van der Waals surface area contributed by atoms with Crippen LogP contribution < -0.4 is 10.1 Å². The average molecular weight is 331 g/mol. The second kappa shape index (κ2) is 7.37. The van der Waals surface area contributed by atoms with Crippen molar-refractivity contribution in [2.24, 2.45) is 0 Å². The first-order chi connectivity index (χ1) is 12.2. The molecule has 5 nitrogen and oxygen atoms in total. The highest BCUT2D eigenvalue weighted by atomic mass is 16.5. The molecule has 1 N–H and O–H groups in total. The van der Waals surface area contributed by atoms with Crippen molar-refractivity contribution in [3.63, 3.8) is 0 Å². The zero-order valence-electron chi connectivity index (χ0n) is 13.8. The minimum absolute atomic E-state index is 0.179. The molecular weight excluding hydrogens is 314 g/mol. The van der Waals surface area contributed by atoms with Gasteiger partial charge >= 0.3 is 0 Å². The van der Waals surface area contributed by atoms with Crippen LogP contribution in [0.5, 0.6) is 5.75 Å². The number of aryl methyl sites for hydroxylation is 1. The zero-order chi connectivity index (χ0) is 17.6. The van der Waals surface area contributed by atoms with E-state index in [9.17, 15) is 4.79 Å². The summed E-state index contributed by atoms with van der Waals surface area (Å²) < 4.78 is 7.09. The molecule has 0 unspecified atom stereocenters. The molecule has 0 bridgehead atoms. The van der Waals surface area contributed by atoms with Gasteiger partial charge in [0.05, 0.1) is 5.69 Å². The van der Waals surface area contributed by atoms with E-state index in [1.54, 1.807) is 35.0 Å². The van der Waals surface area contributed by atoms with Crippen LogP contribution in [0, 0.1) is 19.3 Å². The molecule has 0 saturated carbocycles. The summed E-state index contributed by atoms with van der Waals surface area (Å²) in [5.74, 6) is 2.72. The summed E-state index contributed by atoms with van der Waals surface area (Å²) in [6.45, 7) is 2.09. The molecule has 1 amide bonds. The van der Waals surface area contributed by atoms with Gasteiger partial charge in [-0.25, -0.2) is 4.68 Å². The average Bonchev–Trinajstić information content (AvgIpc) is 3.03. The van der Waals surface area contributed by atoms with E-state index in [1.807, 2.05) is 37.3 Å². The second-order valence-corrected chi connectivity index (χ2v) is 5.39. The molecule has 0 atom stereocenters. The van der Waals surface area contributed by atoms with Crippen LogP contribution in [0.4, 0.5) is 5.69 Å². The Morgan fingerprint density at radius 1 is 1.20 bits per heavy atom. The standard InChI is InChI=1S/C20H17N3O2/c1-3-12-25-18-11-7-8-16(14-18)21-20(24)19-13-15(2)23(22-19)17-9-5-4-6-10-17/h1,4-11,13-14H,12H2,2H3,(H,21,24). The summed E-state index contributed by atoms with van der Waals surface area (Å²) in [7, 11) is 0. The van der Waals surface area contributed by atoms with E-state index >= 15 is 0 Å². The summed E-state index contributed by atoms with van der Waals surface area (Å²) in [4.78, 5) is 12.5. The van der Waals surface area contributed by atoms with Gasteiger partial charge in [-0.15, -0.1) is 6.42 Å². The Balaban J connectivity index is 1.77. The molecule has 1 aromatic heterocycles. The summed E-state index contributed by atoms with van der Waals surface area (Å²) in [6.07, 6.45) is 5.18. The minimum Gasteiger partial charge on any atom is -0.481 e. The number of para-hydroxylation sites is 1. The molecule has 2 aromatic carbocycles. The smallest absolute Gasteiger partial charge is 0.276 e. The molecule has 0 fully saturated rings. The van der Waals surface area contributed by atoms with E-state index < -0.39 is 0 Å². The number of hydrogen-bond acceptors (Lipinski definition) is 3. The Morgan fingerprint density at radius 2 is 2.00 bits per heavy atom. The fraction of sp³-hybridized carbons (Fsp3) is 0.100. The molecule has 0 spiro atoms. The van der Waals surface area contributed by atoms with Gasteiger partial charge < -0.3 is 10.1 Å². The lowest BCUT2D eigenvalue weighted by Crippen LogP contribution is -2.13. The molecule has 25 heavy (non-hydrogen) atoms. The van der Waals surface area contributed by atoms with Crippen molar-refractivity contribution in [3.8, 4) is 23.8 Å². The molecule has 0 aliphatic carbocycles. The third kappa shape index (κ3) is 3.88. The van der Waals surface area contributed by atoms with E-state index in [4.69, 9.17) is 11.2 Å². The van der Waals surface area contributed by atoms with Crippen LogP contribution in [0.2, 0.25) is 0 Å². The first-order valence-electron chi connectivity index (χ1n) is 7.77. The first-order valence-corrected chi connectivity index (χ1v) is 7.77. The van der Waals surface area contributed by atoms with Crippen LogP contribution in [-0.4, -0.2) is 22.3 Å². The Labute approximate surface area is 146 Å². The Bertz CT molecular complexity index is 924. The van der Waals surface area contributed by atoms with Crippen molar-refractivity contribution in [2.45, 2.75) is 6.92 Å². The Morgan fingerprint density at radius 3 is 2.76 bits per heavy atom. The van der Waals surface area contributed by atoms with Crippen molar-refractivity contribution in [2.75, 3.05) is 11.9 Å². The van der Waals surface area contributed by atoms with Gasteiger partial charge in [0.15, 0.2) is 5.69 Å². The first kappa shape index (κ1) is 16.3. The molecule has 3 aromatic rings. The fourth-order valence-electron chi connectivity index (χ4n) is 2.40. The Hall–Kier alpha value is -3.52. The predicted molar refractivity (Wildman–Crippen MR) is 97.0 cm³/mol. The molecule has 1 heterocycles. The quantitative estimate of drug-likeness (QED) is 0.729. The maximum absolute atomic E-state index is 12.5. The number of carbonyl (C=O) groups excluding carboxylic acids is 1. The fourth-order valence-corrected chi connectivity index (χ4v) is 2.40. The molecule has 0 aliphatic rings. The van der Waals surface area contributed by atoms with E-state index in [-0.39, 0.29) is 12.5 Å². The number of amides is 1. The number of hydrogen-bond donors (Lipinski definition) is 1. The lowest BCUT2D eigenvalue weighted by Gasteiger charge is -2.06. The number of carbonyl (C=O) groups is 1. The molecule has 0 radical (unpaired) electrons. The van der Waals surface area contributed by atoms with E-state index in [0.29, 0.717) is 17.1 Å². The normalized spacial score (nSPS) is 10.1. The summed E-state index contributed by atoms with van der Waals surface area (Å²) in [6, 6.07) is 18.5.